The van der Waals surface area contributed by atoms with E-state index in [9.17, 15) is 14.0 Å². The molecule has 198 valence electrons. The highest BCUT2D eigenvalue weighted by atomic mass is 19.1. The van der Waals surface area contributed by atoms with Gasteiger partial charge in [0.15, 0.2) is 5.82 Å². The van der Waals surface area contributed by atoms with Gasteiger partial charge in [0, 0.05) is 35.7 Å². The highest BCUT2D eigenvalue weighted by Crippen LogP contribution is 2.50. The predicted octanol–water partition coefficient (Wildman–Crippen LogP) is 2.01. The van der Waals surface area contributed by atoms with Gasteiger partial charge in [0.2, 0.25) is 11.8 Å². The van der Waals surface area contributed by atoms with E-state index < -0.39 is 17.3 Å². The van der Waals surface area contributed by atoms with Gasteiger partial charge in [0.05, 0.1) is 31.3 Å². The largest absolute Gasteiger partial charge is 0.481 e. The smallest absolute Gasteiger partial charge is 0.270 e. The minimum atomic E-state index is -0.713. The molecule has 2 aromatic heterocycles. The standard InChI is InChI=1S/C25H33FN8O3/c1-14(2)34-21(31-15(3)32-34)13-30-23(35)16-5-8-33(25(11-16)6-7-25)24(36)20(28)10-19(27)17-9-22(37-4)29-12-18(17)26/h9-10,12,14,16,27H,5-8,11,13,28H2,1-4H3,(H,30,35)/t16-/m0/s1. The average molecular weight is 513 g/mol. The lowest BCUT2D eigenvalue weighted by Crippen LogP contribution is -2.51. The van der Waals surface area contributed by atoms with E-state index in [2.05, 4.69) is 20.4 Å². The summed E-state index contributed by atoms with van der Waals surface area (Å²) in [6, 6.07) is 1.41. The zero-order valence-corrected chi connectivity index (χ0v) is 21.5. The Morgan fingerprint density at radius 3 is 2.78 bits per heavy atom. The number of hydrogen-bond donors (Lipinski definition) is 3. The molecule has 0 aromatic carbocycles. The molecule has 1 saturated heterocycles. The van der Waals surface area contributed by atoms with Crippen LogP contribution in [0.5, 0.6) is 5.88 Å². The number of methoxy groups -OCH3 is 1. The van der Waals surface area contributed by atoms with Crippen molar-refractivity contribution in [3.8, 4) is 5.88 Å². The van der Waals surface area contributed by atoms with Crippen LogP contribution < -0.4 is 15.8 Å². The number of carbonyl (C=O) groups excluding carboxylic acids is 2. The van der Waals surface area contributed by atoms with Crippen molar-refractivity contribution >= 4 is 17.5 Å². The summed E-state index contributed by atoms with van der Waals surface area (Å²) in [4.78, 5) is 36.1. The lowest BCUT2D eigenvalue weighted by Gasteiger charge is -2.39. The summed E-state index contributed by atoms with van der Waals surface area (Å²) in [6.07, 6.45) is 4.71. The van der Waals surface area contributed by atoms with E-state index in [0.29, 0.717) is 31.0 Å². The van der Waals surface area contributed by atoms with Gasteiger partial charge in [-0.05, 0) is 52.5 Å². The van der Waals surface area contributed by atoms with E-state index in [1.807, 2.05) is 20.8 Å². The molecule has 37 heavy (non-hydrogen) atoms. The van der Waals surface area contributed by atoms with Crippen molar-refractivity contribution in [2.45, 2.75) is 64.6 Å². The number of nitrogens with two attached hydrogens (primary N) is 1. The van der Waals surface area contributed by atoms with Gasteiger partial charge in [-0.3, -0.25) is 9.59 Å². The number of nitrogens with zero attached hydrogens (tertiary/aromatic N) is 5. The fourth-order valence-electron chi connectivity index (χ4n) is 4.86. The van der Waals surface area contributed by atoms with Gasteiger partial charge < -0.3 is 26.1 Å². The molecule has 1 aliphatic carbocycles. The number of likely N-dealkylation sites (tertiary alicyclic amines) is 1. The molecule has 4 rings (SSSR count). The van der Waals surface area contributed by atoms with Crippen LogP contribution in [0.15, 0.2) is 24.0 Å². The average Bonchev–Trinajstić information content (AvgIpc) is 3.52. The molecule has 2 aromatic rings. The van der Waals surface area contributed by atoms with Crippen LogP contribution >= 0.6 is 0 Å². The number of halogens is 1. The number of rotatable bonds is 8. The third-order valence-electron chi connectivity index (χ3n) is 6.94. The molecule has 4 N–H and O–H groups in total. The van der Waals surface area contributed by atoms with Crippen molar-refractivity contribution in [2.75, 3.05) is 13.7 Å². The van der Waals surface area contributed by atoms with Gasteiger partial charge in [-0.1, -0.05) is 0 Å². The van der Waals surface area contributed by atoms with Gasteiger partial charge >= 0.3 is 0 Å². The van der Waals surface area contributed by atoms with E-state index in [4.69, 9.17) is 15.9 Å². The molecule has 1 atom stereocenters. The monoisotopic (exact) mass is 512 g/mol. The second-order valence-corrected chi connectivity index (χ2v) is 9.92. The first-order valence-electron chi connectivity index (χ1n) is 12.3. The maximum atomic E-state index is 14.2. The Balaban J connectivity index is 1.39. The molecule has 0 unspecified atom stereocenters. The van der Waals surface area contributed by atoms with Gasteiger partial charge in [0.1, 0.15) is 11.6 Å². The fraction of sp³-hybridized carbons (Fsp3) is 0.520. The van der Waals surface area contributed by atoms with Crippen molar-refractivity contribution in [3.63, 3.8) is 0 Å². The van der Waals surface area contributed by atoms with Crippen LogP contribution in [0.4, 0.5) is 4.39 Å². The van der Waals surface area contributed by atoms with Gasteiger partial charge in [-0.25, -0.2) is 19.0 Å². The van der Waals surface area contributed by atoms with Gasteiger partial charge in [-0.15, -0.1) is 0 Å². The Hall–Kier alpha value is -3.83. The summed E-state index contributed by atoms with van der Waals surface area (Å²) in [7, 11) is 1.39. The number of amides is 2. The second-order valence-electron chi connectivity index (χ2n) is 9.92. The predicted molar refractivity (Wildman–Crippen MR) is 133 cm³/mol. The molecule has 12 heteroatoms. The molecule has 2 fully saturated rings. The number of aromatic nitrogens is 4. The molecule has 3 heterocycles. The third kappa shape index (κ3) is 5.47. The van der Waals surface area contributed by atoms with Crippen molar-refractivity contribution in [2.24, 2.45) is 11.7 Å². The van der Waals surface area contributed by atoms with Crippen LogP contribution in [0.25, 0.3) is 0 Å². The van der Waals surface area contributed by atoms with E-state index in [1.165, 1.54) is 13.2 Å². The van der Waals surface area contributed by atoms with E-state index in [1.54, 1.807) is 9.58 Å². The van der Waals surface area contributed by atoms with Crippen LogP contribution in [0, 0.1) is 24.1 Å². The first-order chi connectivity index (χ1) is 17.5. The molecule has 1 saturated carbocycles. The number of nitrogens with one attached hydrogen (secondary N) is 2. The summed E-state index contributed by atoms with van der Waals surface area (Å²) in [5.74, 6) is 0.0880. The van der Waals surface area contributed by atoms with Gasteiger partial charge in [0.25, 0.3) is 5.91 Å². The number of pyridine rings is 1. The number of piperidine rings is 1. The zero-order valence-electron chi connectivity index (χ0n) is 21.5. The summed E-state index contributed by atoms with van der Waals surface area (Å²) in [5.41, 5.74) is 5.17. The molecule has 1 aliphatic heterocycles. The number of ether oxygens (including phenoxy) is 1. The molecule has 0 bridgehead atoms. The first-order valence-corrected chi connectivity index (χ1v) is 12.3. The van der Waals surface area contributed by atoms with Crippen LogP contribution in [-0.2, 0) is 16.1 Å². The number of carbonyl (C=O) groups is 2. The minimum Gasteiger partial charge on any atom is -0.481 e. The summed E-state index contributed by atoms with van der Waals surface area (Å²) >= 11 is 0. The highest BCUT2D eigenvalue weighted by Gasteiger charge is 2.54. The zero-order chi connectivity index (χ0) is 26.9. The maximum Gasteiger partial charge on any atom is 0.270 e. The van der Waals surface area contributed by atoms with Crippen LogP contribution in [0.3, 0.4) is 0 Å². The Morgan fingerprint density at radius 1 is 1.41 bits per heavy atom. The van der Waals surface area contributed by atoms with E-state index in [-0.39, 0.29) is 47.3 Å². The SMILES string of the molecule is COc1cc(C(=N)C=C(N)C(=O)N2CC[C@H](C(=O)NCc3nc(C)nn3C(C)C)CC23CC3)c(F)cn1. The van der Waals surface area contributed by atoms with Crippen LogP contribution in [0.2, 0.25) is 0 Å². The Morgan fingerprint density at radius 2 is 2.14 bits per heavy atom. The fourth-order valence-corrected chi connectivity index (χ4v) is 4.86. The molecule has 2 aliphatic rings. The lowest BCUT2D eigenvalue weighted by molar-refractivity contribution is -0.137. The molecular formula is C25H33FN8O3. The Kier molecular flexibility index (Phi) is 7.28. The van der Waals surface area contributed by atoms with Gasteiger partial charge in [-0.2, -0.15) is 5.10 Å². The van der Waals surface area contributed by atoms with E-state index >= 15 is 0 Å². The molecule has 11 nitrogen and oxygen atoms in total. The van der Waals surface area contributed by atoms with Crippen LogP contribution in [0.1, 0.15) is 62.8 Å². The molecule has 1 spiro atoms. The van der Waals surface area contributed by atoms with Crippen molar-refractivity contribution in [1.29, 1.82) is 5.41 Å². The van der Waals surface area contributed by atoms with E-state index in [0.717, 1.165) is 25.1 Å². The summed E-state index contributed by atoms with van der Waals surface area (Å²) in [6.45, 7) is 6.50. The number of aryl methyl sites for hydroxylation is 1. The first kappa shape index (κ1) is 26.2. The maximum absolute atomic E-state index is 14.2. The Bertz CT molecular complexity index is 1250. The van der Waals surface area contributed by atoms with Crippen LogP contribution in [-0.4, -0.2) is 61.4 Å². The molecular weight excluding hydrogens is 479 g/mol. The summed E-state index contributed by atoms with van der Waals surface area (Å²) < 4.78 is 21.0. The molecule has 0 radical (unpaired) electrons. The Labute approximate surface area is 214 Å². The minimum absolute atomic E-state index is 0.0670. The quantitative estimate of drug-likeness (QED) is 0.361. The number of allylic oxidation sites excluding steroid dienone is 1. The lowest BCUT2D eigenvalue weighted by atomic mass is 9.88. The summed E-state index contributed by atoms with van der Waals surface area (Å²) in [5, 5.41) is 15.6. The van der Waals surface area contributed by atoms with Crippen molar-refractivity contribution in [3.05, 3.63) is 47.1 Å². The molecule has 2 amide bonds. The second kappa shape index (κ2) is 10.3. The number of hydrogen-bond acceptors (Lipinski definition) is 8. The highest BCUT2D eigenvalue weighted by molar-refractivity contribution is 6.11. The van der Waals surface area contributed by atoms with Crippen molar-refractivity contribution < 1.29 is 18.7 Å². The topological polar surface area (TPSA) is 152 Å². The van der Waals surface area contributed by atoms with Crippen molar-refractivity contribution in [1.82, 2.24) is 30.0 Å². The normalized spacial score (nSPS) is 18.7. The third-order valence-corrected chi connectivity index (χ3v) is 6.94.